The van der Waals surface area contributed by atoms with E-state index in [1.165, 1.54) is 7.05 Å². The summed E-state index contributed by atoms with van der Waals surface area (Å²) in [6.45, 7) is 2.22. The standard InChI is InChI=1S/C9H9N3O.CH5N/c1-2-7-9(10-3-1)8-6-13-5-4-12(8)11-7;1-2/h1-3H,4-6H2;2H2,1H3. The Hall–Kier alpha value is -1.46. The molecular weight excluding hydrogens is 192 g/mol. The summed E-state index contributed by atoms with van der Waals surface area (Å²) < 4.78 is 7.35. The molecule has 1 aliphatic heterocycles. The van der Waals surface area contributed by atoms with Gasteiger partial charge in [0, 0.05) is 6.20 Å². The topological polar surface area (TPSA) is 66.0 Å². The molecule has 15 heavy (non-hydrogen) atoms. The number of hydrogen-bond donors (Lipinski definition) is 1. The summed E-state index contributed by atoms with van der Waals surface area (Å²) in [6.07, 6.45) is 1.79. The van der Waals surface area contributed by atoms with E-state index in [1.54, 1.807) is 6.20 Å². The van der Waals surface area contributed by atoms with E-state index in [-0.39, 0.29) is 0 Å². The molecule has 5 heteroatoms. The van der Waals surface area contributed by atoms with Crippen LogP contribution in [0.4, 0.5) is 0 Å². The molecule has 3 rings (SSSR count). The zero-order valence-corrected chi connectivity index (χ0v) is 8.68. The molecule has 0 aromatic carbocycles. The molecule has 0 unspecified atom stereocenters. The Kier molecular flexibility index (Phi) is 2.94. The summed E-state index contributed by atoms with van der Waals surface area (Å²) >= 11 is 0. The van der Waals surface area contributed by atoms with Gasteiger partial charge < -0.3 is 10.5 Å². The molecule has 2 N–H and O–H groups in total. The number of hydrogen-bond acceptors (Lipinski definition) is 4. The third kappa shape index (κ3) is 1.71. The van der Waals surface area contributed by atoms with Crippen LogP contribution in [0.25, 0.3) is 11.0 Å². The van der Waals surface area contributed by atoms with Crippen LogP contribution in [0.5, 0.6) is 0 Å². The van der Waals surface area contributed by atoms with Crippen molar-refractivity contribution in [1.82, 2.24) is 14.8 Å². The van der Waals surface area contributed by atoms with Gasteiger partial charge in [0.1, 0.15) is 11.0 Å². The van der Waals surface area contributed by atoms with Gasteiger partial charge in [-0.05, 0) is 19.2 Å². The summed E-state index contributed by atoms with van der Waals surface area (Å²) in [5.74, 6) is 0. The summed E-state index contributed by atoms with van der Waals surface area (Å²) in [5, 5.41) is 4.43. The minimum atomic E-state index is 0.632. The van der Waals surface area contributed by atoms with E-state index in [9.17, 15) is 0 Å². The Bertz CT molecular complexity index is 452. The second-order valence-corrected chi connectivity index (χ2v) is 3.09. The van der Waals surface area contributed by atoms with Gasteiger partial charge in [-0.3, -0.25) is 9.67 Å². The van der Waals surface area contributed by atoms with Crippen LogP contribution in [0.2, 0.25) is 0 Å². The summed E-state index contributed by atoms with van der Waals surface area (Å²) in [5.41, 5.74) is 7.53. The van der Waals surface area contributed by atoms with Crippen LogP contribution >= 0.6 is 0 Å². The molecule has 0 saturated heterocycles. The molecule has 2 aromatic heterocycles. The molecule has 0 spiro atoms. The summed E-state index contributed by atoms with van der Waals surface area (Å²) in [6, 6.07) is 3.88. The highest BCUT2D eigenvalue weighted by atomic mass is 16.5. The van der Waals surface area contributed by atoms with Crippen LogP contribution in [0.15, 0.2) is 18.3 Å². The minimum Gasteiger partial charge on any atom is -0.373 e. The molecule has 5 nitrogen and oxygen atoms in total. The first-order valence-corrected chi connectivity index (χ1v) is 4.91. The SMILES string of the molecule is CN.c1cnc2c3n(nc2c1)CCOC3. The lowest BCUT2D eigenvalue weighted by Crippen LogP contribution is -2.17. The van der Waals surface area contributed by atoms with Gasteiger partial charge in [0.2, 0.25) is 0 Å². The van der Waals surface area contributed by atoms with Crippen LogP contribution in [0.1, 0.15) is 5.69 Å². The van der Waals surface area contributed by atoms with Gasteiger partial charge in [0.25, 0.3) is 0 Å². The highest BCUT2D eigenvalue weighted by Crippen LogP contribution is 2.18. The number of ether oxygens (including phenoxy) is 1. The second-order valence-electron chi connectivity index (χ2n) is 3.09. The van der Waals surface area contributed by atoms with Gasteiger partial charge in [-0.2, -0.15) is 5.10 Å². The Morgan fingerprint density at radius 1 is 1.47 bits per heavy atom. The molecule has 0 radical (unpaired) electrons. The molecule has 2 aromatic rings. The fraction of sp³-hybridized carbons (Fsp3) is 0.400. The molecule has 0 amide bonds. The third-order valence-electron chi connectivity index (χ3n) is 2.29. The average molecular weight is 206 g/mol. The van der Waals surface area contributed by atoms with Gasteiger partial charge in [-0.1, -0.05) is 0 Å². The monoisotopic (exact) mass is 206 g/mol. The van der Waals surface area contributed by atoms with Crippen LogP contribution < -0.4 is 5.73 Å². The van der Waals surface area contributed by atoms with Crippen molar-refractivity contribution in [3.63, 3.8) is 0 Å². The fourth-order valence-corrected chi connectivity index (χ4v) is 1.66. The molecule has 0 bridgehead atoms. The van der Waals surface area contributed by atoms with Crippen molar-refractivity contribution in [2.75, 3.05) is 13.7 Å². The van der Waals surface area contributed by atoms with Crippen molar-refractivity contribution in [1.29, 1.82) is 0 Å². The predicted octanol–water partition coefficient (Wildman–Crippen LogP) is 0.536. The second kappa shape index (κ2) is 4.37. The van der Waals surface area contributed by atoms with Crippen LogP contribution in [0, 0.1) is 0 Å². The highest BCUT2D eigenvalue weighted by Gasteiger charge is 2.15. The number of rotatable bonds is 0. The number of aromatic nitrogens is 3. The predicted molar refractivity (Wildman–Crippen MR) is 57.3 cm³/mol. The van der Waals surface area contributed by atoms with E-state index in [1.807, 2.05) is 16.8 Å². The van der Waals surface area contributed by atoms with E-state index in [4.69, 9.17) is 4.74 Å². The maximum Gasteiger partial charge on any atom is 0.114 e. The van der Waals surface area contributed by atoms with Gasteiger partial charge >= 0.3 is 0 Å². The van der Waals surface area contributed by atoms with Crippen molar-refractivity contribution < 1.29 is 4.74 Å². The zero-order valence-electron chi connectivity index (χ0n) is 8.68. The van der Waals surface area contributed by atoms with Crippen molar-refractivity contribution in [2.24, 2.45) is 5.73 Å². The molecule has 80 valence electrons. The first-order valence-electron chi connectivity index (χ1n) is 4.91. The molecule has 0 saturated carbocycles. The van der Waals surface area contributed by atoms with Gasteiger partial charge in [0.05, 0.1) is 25.5 Å². The first kappa shape index (κ1) is 10.1. The van der Waals surface area contributed by atoms with E-state index in [2.05, 4.69) is 15.8 Å². The zero-order chi connectivity index (χ0) is 10.7. The molecule has 1 aliphatic rings. The van der Waals surface area contributed by atoms with Gasteiger partial charge in [0.15, 0.2) is 0 Å². The quantitative estimate of drug-likeness (QED) is 0.683. The lowest BCUT2D eigenvalue weighted by atomic mass is 10.3. The number of nitrogens with zero attached hydrogens (tertiary/aromatic N) is 3. The van der Waals surface area contributed by atoms with Crippen molar-refractivity contribution in [3.05, 3.63) is 24.0 Å². The van der Waals surface area contributed by atoms with Crippen molar-refractivity contribution in [3.8, 4) is 0 Å². The Morgan fingerprint density at radius 2 is 2.33 bits per heavy atom. The summed E-state index contributed by atoms with van der Waals surface area (Å²) in [7, 11) is 1.50. The van der Waals surface area contributed by atoms with Crippen LogP contribution in [-0.2, 0) is 17.9 Å². The number of pyridine rings is 1. The first-order chi connectivity index (χ1) is 7.45. The van der Waals surface area contributed by atoms with Crippen LogP contribution in [0.3, 0.4) is 0 Å². The van der Waals surface area contributed by atoms with Gasteiger partial charge in [-0.15, -0.1) is 0 Å². The fourth-order valence-electron chi connectivity index (χ4n) is 1.66. The molecule has 0 atom stereocenters. The molecular formula is C10H14N4O. The van der Waals surface area contributed by atoms with Crippen molar-refractivity contribution >= 4 is 11.0 Å². The molecule has 0 aliphatic carbocycles. The van der Waals surface area contributed by atoms with E-state index in [0.29, 0.717) is 6.61 Å². The largest absolute Gasteiger partial charge is 0.373 e. The maximum atomic E-state index is 5.36. The lowest BCUT2D eigenvalue weighted by molar-refractivity contribution is 0.0810. The third-order valence-corrected chi connectivity index (χ3v) is 2.29. The molecule has 3 heterocycles. The average Bonchev–Trinajstić information content (AvgIpc) is 2.70. The summed E-state index contributed by atoms with van der Waals surface area (Å²) in [4.78, 5) is 4.29. The molecule has 0 fully saturated rings. The smallest absolute Gasteiger partial charge is 0.114 e. The lowest BCUT2D eigenvalue weighted by Gasteiger charge is -2.13. The number of fused-ring (bicyclic) bond motifs is 3. The van der Waals surface area contributed by atoms with E-state index < -0.39 is 0 Å². The normalized spacial score (nSPS) is 14.3. The van der Waals surface area contributed by atoms with Crippen LogP contribution in [-0.4, -0.2) is 28.4 Å². The highest BCUT2D eigenvalue weighted by molar-refractivity contribution is 5.76. The Morgan fingerprint density at radius 3 is 3.20 bits per heavy atom. The van der Waals surface area contributed by atoms with E-state index >= 15 is 0 Å². The van der Waals surface area contributed by atoms with Gasteiger partial charge in [-0.25, -0.2) is 0 Å². The maximum absolute atomic E-state index is 5.36. The Balaban J connectivity index is 0.000000404. The number of nitrogens with two attached hydrogens (primary N) is 1. The minimum absolute atomic E-state index is 0.632. The van der Waals surface area contributed by atoms with E-state index in [0.717, 1.165) is 29.9 Å². The van der Waals surface area contributed by atoms with Crippen molar-refractivity contribution in [2.45, 2.75) is 13.2 Å². The Labute approximate surface area is 87.9 Å².